The molecule has 0 aliphatic rings. The average molecular weight is 314 g/mol. The molecule has 0 aromatic heterocycles. The van der Waals surface area contributed by atoms with Crippen LogP contribution in [0.4, 0.5) is 30.7 Å². The van der Waals surface area contributed by atoms with Crippen molar-refractivity contribution in [1.82, 2.24) is 0 Å². The van der Waals surface area contributed by atoms with Crippen molar-refractivity contribution in [2.75, 3.05) is 0 Å². The SMILES string of the molecule is CC.CC.Fc1cc(F)c2c(F)c(F)c(F)c(F)c2c1F. The maximum atomic E-state index is 13.1. The summed E-state index contributed by atoms with van der Waals surface area (Å²) >= 11 is 0. The molecule has 118 valence electrons. The summed E-state index contributed by atoms with van der Waals surface area (Å²) in [4.78, 5) is 0. The van der Waals surface area contributed by atoms with E-state index < -0.39 is 51.5 Å². The number of hydrogen-bond donors (Lipinski definition) is 0. The maximum Gasteiger partial charge on any atom is 0.198 e. The summed E-state index contributed by atoms with van der Waals surface area (Å²) in [6.07, 6.45) is 0. The normalized spacial score (nSPS) is 9.67. The van der Waals surface area contributed by atoms with Gasteiger partial charge in [-0.25, -0.2) is 30.7 Å². The summed E-state index contributed by atoms with van der Waals surface area (Å²) in [5.74, 6) is -14.5. The molecule has 0 bridgehead atoms. The Labute approximate surface area is 117 Å². The van der Waals surface area contributed by atoms with E-state index in [9.17, 15) is 30.7 Å². The Bertz CT molecular complexity index is 635. The van der Waals surface area contributed by atoms with Gasteiger partial charge in [0.25, 0.3) is 0 Å². The van der Waals surface area contributed by atoms with Gasteiger partial charge in [-0.15, -0.1) is 0 Å². The van der Waals surface area contributed by atoms with Gasteiger partial charge in [0.15, 0.2) is 34.9 Å². The van der Waals surface area contributed by atoms with E-state index in [0.717, 1.165) is 0 Å². The molecule has 0 saturated carbocycles. The van der Waals surface area contributed by atoms with Crippen LogP contribution in [0.25, 0.3) is 10.8 Å². The Morgan fingerprint density at radius 3 is 1.29 bits per heavy atom. The van der Waals surface area contributed by atoms with Crippen molar-refractivity contribution in [1.29, 1.82) is 0 Å². The van der Waals surface area contributed by atoms with Gasteiger partial charge in [0.05, 0.1) is 10.8 Å². The topological polar surface area (TPSA) is 0 Å². The molecular formula is C14H13F7. The lowest BCUT2D eigenvalue weighted by molar-refractivity contribution is 0.412. The molecule has 0 radical (unpaired) electrons. The second-order valence-corrected chi connectivity index (χ2v) is 3.16. The molecule has 2 rings (SSSR count). The molecule has 0 fully saturated rings. The predicted molar refractivity (Wildman–Crippen MR) is 66.4 cm³/mol. The highest BCUT2D eigenvalue weighted by Crippen LogP contribution is 2.31. The van der Waals surface area contributed by atoms with Crippen molar-refractivity contribution >= 4 is 10.8 Å². The molecule has 0 atom stereocenters. The molecule has 0 aliphatic carbocycles. The smallest absolute Gasteiger partial charge is 0.198 e. The minimum absolute atomic E-state index is 0.0858. The van der Waals surface area contributed by atoms with Crippen molar-refractivity contribution in [3.05, 3.63) is 46.8 Å². The molecular weight excluding hydrogens is 301 g/mol. The predicted octanol–water partition coefficient (Wildman–Crippen LogP) is 5.87. The number of rotatable bonds is 0. The molecule has 0 spiro atoms. The highest BCUT2D eigenvalue weighted by atomic mass is 19.2. The Balaban J connectivity index is 0.000000921. The monoisotopic (exact) mass is 314 g/mol. The van der Waals surface area contributed by atoms with E-state index >= 15 is 0 Å². The quantitative estimate of drug-likeness (QED) is 0.324. The van der Waals surface area contributed by atoms with E-state index in [0.29, 0.717) is 0 Å². The molecule has 2 aromatic rings. The number of halogens is 7. The lowest BCUT2D eigenvalue weighted by Crippen LogP contribution is -2.03. The van der Waals surface area contributed by atoms with Gasteiger partial charge in [-0.2, -0.15) is 0 Å². The molecule has 7 heteroatoms. The van der Waals surface area contributed by atoms with Crippen LogP contribution in [0.3, 0.4) is 0 Å². The molecule has 2 aromatic carbocycles. The number of fused-ring (bicyclic) bond motifs is 1. The minimum Gasteiger partial charge on any atom is -0.206 e. The van der Waals surface area contributed by atoms with Crippen molar-refractivity contribution in [2.45, 2.75) is 27.7 Å². The summed E-state index contributed by atoms with van der Waals surface area (Å²) in [6, 6.07) is -0.0858. The van der Waals surface area contributed by atoms with E-state index in [1.165, 1.54) is 0 Å². The van der Waals surface area contributed by atoms with E-state index in [2.05, 4.69) is 0 Å². The molecule has 21 heavy (non-hydrogen) atoms. The van der Waals surface area contributed by atoms with Crippen molar-refractivity contribution in [3.8, 4) is 0 Å². The highest BCUT2D eigenvalue weighted by Gasteiger charge is 2.26. The van der Waals surface area contributed by atoms with Crippen molar-refractivity contribution in [2.24, 2.45) is 0 Å². The zero-order valence-electron chi connectivity index (χ0n) is 11.7. The van der Waals surface area contributed by atoms with E-state index in [4.69, 9.17) is 0 Å². The fraction of sp³-hybridized carbons (Fsp3) is 0.286. The van der Waals surface area contributed by atoms with Gasteiger partial charge in [0.1, 0.15) is 5.82 Å². The second kappa shape index (κ2) is 7.85. The fourth-order valence-electron chi connectivity index (χ4n) is 1.43. The lowest BCUT2D eigenvalue weighted by Gasteiger charge is -2.07. The van der Waals surface area contributed by atoms with E-state index in [1.54, 1.807) is 0 Å². The van der Waals surface area contributed by atoms with Crippen molar-refractivity contribution < 1.29 is 30.7 Å². The Kier molecular flexibility index (Phi) is 7.18. The van der Waals surface area contributed by atoms with Gasteiger partial charge in [-0.1, -0.05) is 27.7 Å². The van der Waals surface area contributed by atoms with Crippen molar-refractivity contribution in [3.63, 3.8) is 0 Å². The molecule has 0 N–H and O–H groups in total. The zero-order chi connectivity index (χ0) is 16.9. The maximum absolute atomic E-state index is 13.1. The second-order valence-electron chi connectivity index (χ2n) is 3.16. The molecule has 0 aliphatic heterocycles. The van der Waals surface area contributed by atoms with Gasteiger partial charge in [0, 0.05) is 6.07 Å². The van der Waals surface area contributed by atoms with Crippen LogP contribution in [0, 0.1) is 40.7 Å². The number of hydrogen-bond acceptors (Lipinski definition) is 0. The third-order valence-electron chi connectivity index (χ3n) is 2.19. The zero-order valence-corrected chi connectivity index (χ0v) is 11.7. The van der Waals surface area contributed by atoms with E-state index in [-0.39, 0.29) is 6.07 Å². The van der Waals surface area contributed by atoms with E-state index in [1.807, 2.05) is 27.7 Å². The van der Waals surface area contributed by atoms with Crippen LogP contribution in [0.2, 0.25) is 0 Å². The van der Waals surface area contributed by atoms with Gasteiger partial charge in [-0.05, 0) is 0 Å². The first-order valence-electron chi connectivity index (χ1n) is 6.15. The van der Waals surface area contributed by atoms with Crippen LogP contribution in [-0.2, 0) is 0 Å². The summed E-state index contributed by atoms with van der Waals surface area (Å²) in [5, 5.41) is -3.07. The first-order valence-corrected chi connectivity index (χ1v) is 6.15. The van der Waals surface area contributed by atoms with Crippen LogP contribution in [0.1, 0.15) is 27.7 Å². The standard InChI is InChI=1S/C10HF7.2C2H6/c11-2-1-3(12)6(13)5-4(2)7(14)9(16)10(17)8(5)15;2*1-2/h1H;2*1-2H3. The Hall–Kier alpha value is -1.79. The largest absolute Gasteiger partial charge is 0.206 e. The minimum atomic E-state index is -2.33. The Morgan fingerprint density at radius 1 is 0.476 bits per heavy atom. The fourth-order valence-corrected chi connectivity index (χ4v) is 1.43. The lowest BCUT2D eigenvalue weighted by atomic mass is 10.1. The summed E-state index contributed by atoms with van der Waals surface area (Å²) in [5.41, 5.74) is 0. The van der Waals surface area contributed by atoms with Crippen LogP contribution in [-0.4, -0.2) is 0 Å². The van der Waals surface area contributed by atoms with Crippen LogP contribution in [0.5, 0.6) is 0 Å². The summed E-state index contributed by atoms with van der Waals surface area (Å²) in [7, 11) is 0. The third kappa shape index (κ3) is 3.28. The Morgan fingerprint density at radius 2 is 0.857 bits per heavy atom. The van der Waals surface area contributed by atoms with Crippen LogP contribution >= 0.6 is 0 Å². The molecule has 0 saturated heterocycles. The summed E-state index contributed by atoms with van der Waals surface area (Å²) < 4.78 is 90.6. The summed E-state index contributed by atoms with van der Waals surface area (Å²) in [6.45, 7) is 8.00. The van der Waals surface area contributed by atoms with Gasteiger partial charge < -0.3 is 0 Å². The molecule has 0 nitrogen and oxygen atoms in total. The molecule has 0 unspecified atom stereocenters. The number of benzene rings is 2. The molecule has 0 heterocycles. The third-order valence-corrected chi connectivity index (χ3v) is 2.19. The van der Waals surface area contributed by atoms with Gasteiger partial charge in [-0.3, -0.25) is 0 Å². The van der Waals surface area contributed by atoms with Gasteiger partial charge >= 0.3 is 0 Å². The van der Waals surface area contributed by atoms with Crippen LogP contribution < -0.4 is 0 Å². The van der Waals surface area contributed by atoms with Crippen LogP contribution in [0.15, 0.2) is 6.07 Å². The molecule has 0 amide bonds. The first-order chi connectivity index (χ1) is 9.86. The average Bonchev–Trinajstić information content (AvgIpc) is 2.50. The first kappa shape index (κ1) is 19.2. The highest BCUT2D eigenvalue weighted by molar-refractivity contribution is 5.85. The van der Waals surface area contributed by atoms with Gasteiger partial charge in [0.2, 0.25) is 0 Å².